The normalized spacial score (nSPS) is 24.4. The van der Waals surface area contributed by atoms with Gasteiger partial charge in [0.2, 0.25) is 11.8 Å². The monoisotopic (exact) mass is 410 g/mol. The van der Waals surface area contributed by atoms with Gasteiger partial charge in [-0.1, -0.05) is 30.3 Å². The van der Waals surface area contributed by atoms with Crippen molar-refractivity contribution >= 4 is 11.8 Å². The number of amides is 2. The van der Waals surface area contributed by atoms with Crippen LogP contribution in [-0.4, -0.2) is 73.5 Å². The molecular formula is C22H30N6O2. The molecule has 0 N–H and O–H groups in total. The van der Waals surface area contributed by atoms with Gasteiger partial charge in [-0.25, -0.2) is 0 Å². The highest BCUT2D eigenvalue weighted by Gasteiger charge is 2.50. The van der Waals surface area contributed by atoms with Crippen LogP contribution in [0.1, 0.15) is 37.7 Å². The maximum atomic E-state index is 13.5. The number of carbonyl (C=O) groups excluding carboxylic acids is 2. The van der Waals surface area contributed by atoms with Gasteiger partial charge in [0.05, 0.1) is 25.0 Å². The number of aryl methyl sites for hydroxylation is 1. The first-order valence-electron chi connectivity index (χ1n) is 10.5. The minimum absolute atomic E-state index is 0.0464. The molecule has 2 aliphatic rings. The van der Waals surface area contributed by atoms with Gasteiger partial charge in [-0.05, 0) is 25.8 Å². The van der Waals surface area contributed by atoms with E-state index < -0.39 is 0 Å². The summed E-state index contributed by atoms with van der Waals surface area (Å²) in [7, 11) is 3.67. The summed E-state index contributed by atoms with van der Waals surface area (Å²) in [5, 5.41) is 8.01. The van der Waals surface area contributed by atoms with Crippen LogP contribution in [-0.2, 0) is 23.2 Å². The smallest absolute Gasteiger partial charge is 0.237 e. The fourth-order valence-electron chi connectivity index (χ4n) is 4.76. The molecule has 30 heavy (non-hydrogen) atoms. The van der Waals surface area contributed by atoms with E-state index in [4.69, 9.17) is 0 Å². The van der Waals surface area contributed by atoms with Crippen LogP contribution >= 0.6 is 0 Å². The van der Waals surface area contributed by atoms with Gasteiger partial charge in [0, 0.05) is 32.7 Å². The Labute approximate surface area is 177 Å². The Morgan fingerprint density at radius 2 is 2.00 bits per heavy atom. The second kappa shape index (κ2) is 8.18. The SMILES string of the molecule is CC(C)N1CC(=O)N2[C@H](C[C@@H](C(=O)N(C)Cc3nncn3C)[C@H]2c2ccccc2)C1. The Kier molecular flexibility index (Phi) is 5.60. The van der Waals surface area contributed by atoms with E-state index >= 15 is 0 Å². The van der Waals surface area contributed by atoms with E-state index in [0.29, 0.717) is 25.6 Å². The summed E-state index contributed by atoms with van der Waals surface area (Å²) in [4.78, 5) is 32.6. The molecule has 1 aromatic heterocycles. The van der Waals surface area contributed by atoms with Gasteiger partial charge in [0.15, 0.2) is 5.82 Å². The molecule has 0 aliphatic carbocycles. The Balaban J connectivity index is 1.62. The van der Waals surface area contributed by atoms with Crippen molar-refractivity contribution in [1.29, 1.82) is 0 Å². The van der Waals surface area contributed by atoms with Crippen LogP contribution in [0.4, 0.5) is 0 Å². The minimum Gasteiger partial charge on any atom is -0.338 e. The van der Waals surface area contributed by atoms with E-state index in [-0.39, 0.29) is 29.8 Å². The van der Waals surface area contributed by atoms with Crippen LogP contribution in [0.15, 0.2) is 36.7 Å². The van der Waals surface area contributed by atoms with Crippen LogP contribution in [0.25, 0.3) is 0 Å². The van der Waals surface area contributed by atoms with Gasteiger partial charge >= 0.3 is 0 Å². The van der Waals surface area contributed by atoms with Crippen LogP contribution in [0.5, 0.6) is 0 Å². The standard InChI is InChI=1S/C22H30N6O2/c1-15(2)27-11-17-10-18(22(30)25(3)12-19-24-23-14-26(19)4)21(28(17)20(29)13-27)16-8-6-5-7-9-16/h5-9,14-15,17-18,21H,10-13H2,1-4H3/t17-,18-,21-/m1/s1. The zero-order chi connectivity index (χ0) is 21.4. The number of benzene rings is 1. The third-order valence-electron chi connectivity index (χ3n) is 6.42. The van der Waals surface area contributed by atoms with Crippen molar-refractivity contribution < 1.29 is 9.59 Å². The summed E-state index contributed by atoms with van der Waals surface area (Å²) in [6.07, 6.45) is 2.31. The van der Waals surface area contributed by atoms with Gasteiger partial charge in [-0.15, -0.1) is 10.2 Å². The molecule has 160 valence electrons. The van der Waals surface area contributed by atoms with E-state index in [2.05, 4.69) is 28.9 Å². The van der Waals surface area contributed by atoms with Gasteiger partial charge in [-0.3, -0.25) is 14.5 Å². The molecule has 3 atom stereocenters. The Hall–Kier alpha value is -2.74. The van der Waals surface area contributed by atoms with Crippen LogP contribution < -0.4 is 0 Å². The summed E-state index contributed by atoms with van der Waals surface area (Å²) >= 11 is 0. The largest absolute Gasteiger partial charge is 0.338 e. The Morgan fingerprint density at radius 3 is 2.63 bits per heavy atom. The van der Waals surface area contributed by atoms with E-state index in [1.165, 1.54) is 0 Å². The predicted molar refractivity (Wildman–Crippen MR) is 112 cm³/mol. The lowest BCUT2D eigenvalue weighted by molar-refractivity contribution is -0.142. The van der Waals surface area contributed by atoms with Gasteiger partial charge < -0.3 is 14.4 Å². The summed E-state index contributed by atoms with van der Waals surface area (Å²) in [6, 6.07) is 10.1. The first kappa shape index (κ1) is 20.5. The minimum atomic E-state index is -0.272. The number of nitrogens with zero attached hydrogens (tertiary/aromatic N) is 6. The molecule has 2 fully saturated rings. The molecule has 1 aromatic carbocycles. The van der Waals surface area contributed by atoms with Crippen LogP contribution in [0, 0.1) is 5.92 Å². The quantitative estimate of drug-likeness (QED) is 0.746. The van der Waals surface area contributed by atoms with Crippen molar-refractivity contribution in [3.05, 3.63) is 48.0 Å². The fraction of sp³-hybridized carbons (Fsp3) is 0.545. The summed E-state index contributed by atoms with van der Waals surface area (Å²) < 4.78 is 1.82. The van der Waals surface area contributed by atoms with E-state index in [9.17, 15) is 9.59 Å². The first-order chi connectivity index (χ1) is 14.4. The van der Waals surface area contributed by atoms with Gasteiger partial charge in [-0.2, -0.15) is 0 Å². The van der Waals surface area contributed by atoms with E-state index in [1.807, 2.05) is 46.8 Å². The number of aromatic nitrogens is 3. The van der Waals surface area contributed by atoms with Crippen molar-refractivity contribution in [2.24, 2.45) is 13.0 Å². The number of carbonyl (C=O) groups is 2. The lowest BCUT2D eigenvalue weighted by Crippen LogP contribution is -2.56. The lowest BCUT2D eigenvalue weighted by atomic mass is 9.92. The highest BCUT2D eigenvalue weighted by atomic mass is 16.2. The van der Waals surface area contributed by atoms with Crippen LogP contribution in [0.3, 0.4) is 0 Å². The van der Waals surface area contributed by atoms with Crippen molar-refractivity contribution in [3.8, 4) is 0 Å². The second-order valence-corrected chi connectivity index (χ2v) is 8.73. The third-order valence-corrected chi connectivity index (χ3v) is 6.42. The van der Waals surface area contributed by atoms with E-state index in [0.717, 1.165) is 17.9 Å². The van der Waals surface area contributed by atoms with E-state index in [1.54, 1.807) is 18.3 Å². The average Bonchev–Trinajstić information content (AvgIpc) is 3.31. The molecule has 8 nitrogen and oxygen atoms in total. The molecule has 0 radical (unpaired) electrons. The zero-order valence-electron chi connectivity index (χ0n) is 18.1. The summed E-state index contributed by atoms with van der Waals surface area (Å²) in [6.45, 7) is 5.84. The van der Waals surface area contributed by atoms with Crippen LogP contribution in [0.2, 0.25) is 0 Å². The topological polar surface area (TPSA) is 74.6 Å². The Bertz CT molecular complexity index is 911. The number of piperazine rings is 1. The maximum Gasteiger partial charge on any atom is 0.237 e. The Morgan fingerprint density at radius 1 is 1.27 bits per heavy atom. The van der Waals surface area contributed by atoms with Crippen molar-refractivity contribution in [1.82, 2.24) is 29.5 Å². The molecule has 0 spiro atoms. The molecule has 2 aromatic rings. The number of fused-ring (bicyclic) bond motifs is 1. The second-order valence-electron chi connectivity index (χ2n) is 8.73. The molecule has 2 aliphatic heterocycles. The third kappa shape index (κ3) is 3.71. The molecule has 2 saturated heterocycles. The highest BCUT2D eigenvalue weighted by Crippen LogP contribution is 2.44. The number of hydrogen-bond acceptors (Lipinski definition) is 5. The van der Waals surface area contributed by atoms with Crippen molar-refractivity contribution in [2.45, 2.75) is 44.9 Å². The molecule has 0 unspecified atom stereocenters. The predicted octanol–water partition coefficient (Wildman–Crippen LogP) is 1.46. The summed E-state index contributed by atoms with van der Waals surface area (Å²) in [5.41, 5.74) is 1.02. The van der Waals surface area contributed by atoms with Crippen molar-refractivity contribution in [2.75, 3.05) is 20.1 Å². The molecule has 8 heteroatoms. The maximum absolute atomic E-state index is 13.5. The van der Waals surface area contributed by atoms with Gasteiger partial charge in [0.1, 0.15) is 6.33 Å². The fourth-order valence-corrected chi connectivity index (χ4v) is 4.76. The lowest BCUT2D eigenvalue weighted by Gasteiger charge is -2.41. The zero-order valence-corrected chi connectivity index (χ0v) is 18.1. The first-order valence-corrected chi connectivity index (χ1v) is 10.5. The number of rotatable bonds is 5. The number of hydrogen-bond donors (Lipinski definition) is 0. The molecule has 0 bridgehead atoms. The molecular weight excluding hydrogens is 380 g/mol. The van der Waals surface area contributed by atoms with Crippen molar-refractivity contribution in [3.63, 3.8) is 0 Å². The molecule has 4 rings (SSSR count). The molecule has 3 heterocycles. The summed E-state index contributed by atoms with van der Waals surface area (Å²) in [5.74, 6) is 0.622. The van der Waals surface area contributed by atoms with Gasteiger partial charge in [0.25, 0.3) is 0 Å². The average molecular weight is 411 g/mol. The molecule has 0 saturated carbocycles. The molecule has 2 amide bonds. The highest BCUT2D eigenvalue weighted by molar-refractivity contribution is 5.85.